The summed E-state index contributed by atoms with van der Waals surface area (Å²) in [5.74, 6) is 0.867. The average Bonchev–Trinajstić information content (AvgIpc) is 2.50. The SMILES string of the molecule is CN=C(NCC1CN(C)CCO1)N(C)Cc1ccc(Cl)cc1.I. The Kier molecular flexibility index (Phi) is 9.19. The second-order valence-electron chi connectivity index (χ2n) is 5.67. The van der Waals surface area contributed by atoms with Gasteiger partial charge in [0.1, 0.15) is 0 Å². The highest BCUT2D eigenvalue weighted by Gasteiger charge is 2.18. The third-order valence-electron chi connectivity index (χ3n) is 3.74. The van der Waals surface area contributed by atoms with Crippen LogP contribution in [0, 0.1) is 0 Å². The first kappa shape index (κ1) is 20.5. The second-order valence-corrected chi connectivity index (χ2v) is 6.10. The minimum absolute atomic E-state index is 0. The van der Waals surface area contributed by atoms with Crippen LogP contribution in [0.1, 0.15) is 5.56 Å². The molecule has 5 nitrogen and oxygen atoms in total. The Bertz CT molecular complexity index is 497. The molecule has 2 rings (SSSR count). The lowest BCUT2D eigenvalue weighted by Gasteiger charge is -2.31. The number of hydrogen-bond donors (Lipinski definition) is 1. The fraction of sp³-hybridized carbons (Fsp3) is 0.562. The van der Waals surface area contributed by atoms with E-state index in [0.717, 1.165) is 43.8 Å². The lowest BCUT2D eigenvalue weighted by atomic mass is 10.2. The first-order valence-electron chi connectivity index (χ1n) is 7.55. The highest BCUT2D eigenvalue weighted by molar-refractivity contribution is 14.0. The number of nitrogens with one attached hydrogen (secondary N) is 1. The molecule has 130 valence electrons. The molecule has 1 aliphatic heterocycles. The van der Waals surface area contributed by atoms with Crippen molar-refractivity contribution in [2.45, 2.75) is 12.6 Å². The van der Waals surface area contributed by atoms with Crippen molar-refractivity contribution in [3.8, 4) is 0 Å². The summed E-state index contributed by atoms with van der Waals surface area (Å²) in [7, 11) is 5.95. The summed E-state index contributed by atoms with van der Waals surface area (Å²) in [5.41, 5.74) is 1.20. The number of morpholine rings is 1. The van der Waals surface area contributed by atoms with Crippen molar-refractivity contribution in [1.29, 1.82) is 0 Å². The molecule has 0 radical (unpaired) electrons. The van der Waals surface area contributed by atoms with Crippen LogP contribution in [0.25, 0.3) is 0 Å². The Labute approximate surface area is 161 Å². The van der Waals surface area contributed by atoms with E-state index in [1.54, 1.807) is 7.05 Å². The van der Waals surface area contributed by atoms with E-state index in [1.807, 2.05) is 31.3 Å². The summed E-state index contributed by atoms with van der Waals surface area (Å²) in [4.78, 5) is 8.72. The summed E-state index contributed by atoms with van der Waals surface area (Å²) in [6.07, 6.45) is 0.208. The van der Waals surface area contributed by atoms with Crippen molar-refractivity contribution in [2.75, 3.05) is 47.4 Å². The van der Waals surface area contributed by atoms with Gasteiger partial charge < -0.3 is 19.9 Å². The Morgan fingerprint density at radius 3 is 2.74 bits per heavy atom. The van der Waals surface area contributed by atoms with E-state index in [0.29, 0.717) is 0 Å². The zero-order valence-electron chi connectivity index (χ0n) is 14.0. The molecule has 0 aromatic heterocycles. The number of hydrogen-bond acceptors (Lipinski definition) is 3. The number of guanidine groups is 1. The maximum atomic E-state index is 5.92. The molecule has 1 fully saturated rings. The quantitative estimate of drug-likeness (QED) is 0.432. The van der Waals surface area contributed by atoms with Gasteiger partial charge >= 0.3 is 0 Å². The topological polar surface area (TPSA) is 40.1 Å². The molecule has 1 N–H and O–H groups in total. The molecule has 1 unspecified atom stereocenters. The first-order chi connectivity index (χ1) is 10.6. The van der Waals surface area contributed by atoms with Crippen LogP contribution in [0.15, 0.2) is 29.3 Å². The van der Waals surface area contributed by atoms with Crippen molar-refractivity contribution < 1.29 is 4.74 Å². The van der Waals surface area contributed by atoms with Crippen LogP contribution in [0.3, 0.4) is 0 Å². The molecule has 1 aliphatic rings. The zero-order valence-corrected chi connectivity index (χ0v) is 17.0. The molecule has 1 heterocycles. The van der Waals surface area contributed by atoms with E-state index < -0.39 is 0 Å². The molecule has 0 bridgehead atoms. The molecule has 1 aromatic rings. The van der Waals surface area contributed by atoms with Crippen LogP contribution in [0.2, 0.25) is 5.02 Å². The number of likely N-dealkylation sites (N-methyl/N-ethyl adjacent to an activating group) is 1. The zero-order chi connectivity index (χ0) is 15.9. The minimum Gasteiger partial charge on any atom is -0.374 e. The number of aliphatic imine (C=N–C) groups is 1. The minimum atomic E-state index is 0. The lowest BCUT2D eigenvalue weighted by molar-refractivity contribution is -0.0163. The smallest absolute Gasteiger partial charge is 0.193 e. The van der Waals surface area contributed by atoms with E-state index in [9.17, 15) is 0 Å². The van der Waals surface area contributed by atoms with E-state index >= 15 is 0 Å². The van der Waals surface area contributed by atoms with Gasteiger partial charge in [0.25, 0.3) is 0 Å². The van der Waals surface area contributed by atoms with Crippen molar-refractivity contribution >= 4 is 41.5 Å². The van der Waals surface area contributed by atoms with Crippen LogP contribution >= 0.6 is 35.6 Å². The fourth-order valence-electron chi connectivity index (χ4n) is 2.52. The van der Waals surface area contributed by atoms with Crippen molar-refractivity contribution in [1.82, 2.24) is 15.1 Å². The molecule has 1 saturated heterocycles. The molecule has 23 heavy (non-hydrogen) atoms. The van der Waals surface area contributed by atoms with Crippen molar-refractivity contribution in [3.63, 3.8) is 0 Å². The van der Waals surface area contributed by atoms with Crippen molar-refractivity contribution in [2.24, 2.45) is 4.99 Å². The molecule has 0 spiro atoms. The van der Waals surface area contributed by atoms with Crippen LogP contribution in [-0.4, -0.2) is 69.2 Å². The second kappa shape index (κ2) is 10.3. The van der Waals surface area contributed by atoms with Gasteiger partial charge in [0, 0.05) is 45.3 Å². The van der Waals surface area contributed by atoms with Crippen LogP contribution < -0.4 is 5.32 Å². The van der Waals surface area contributed by atoms with E-state index in [2.05, 4.69) is 27.2 Å². The van der Waals surface area contributed by atoms with E-state index in [-0.39, 0.29) is 30.1 Å². The van der Waals surface area contributed by atoms with Gasteiger partial charge in [0.15, 0.2) is 5.96 Å². The van der Waals surface area contributed by atoms with Gasteiger partial charge in [0.2, 0.25) is 0 Å². The maximum Gasteiger partial charge on any atom is 0.193 e. The molecule has 1 atom stereocenters. The van der Waals surface area contributed by atoms with E-state index in [1.165, 1.54) is 5.56 Å². The number of halogens is 2. The van der Waals surface area contributed by atoms with Gasteiger partial charge in [-0.05, 0) is 24.7 Å². The molecular weight excluding hydrogens is 427 g/mol. The summed E-state index contributed by atoms with van der Waals surface area (Å²) >= 11 is 5.92. The third kappa shape index (κ3) is 6.82. The normalized spacial score (nSPS) is 19.1. The number of rotatable bonds is 4. The number of nitrogens with zero attached hydrogens (tertiary/aromatic N) is 3. The number of benzene rings is 1. The van der Waals surface area contributed by atoms with Crippen molar-refractivity contribution in [3.05, 3.63) is 34.9 Å². The summed E-state index contributed by atoms with van der Waals surface area (Å²) < 4.78 is 5.76. The van der Waals surface area contributed by atoms with E-state index in [4.69, 9.17) is 16.3 Å². The van der Waals surface area contributed by atoms with Crippen LogP contribution in [-0.2, 0) is 11.3 Å². The summed E-state index contributed by atoms with van der Waals surface area (Å²) in [6.45, 7) is 4.29. The predicted molar refractivity (Wildman–Crippen MR) is 107 cm³/mol. The largest absolute Gasteiger partial charge is 0.374 e. The Morgan fingerprint density at radius 1 is 1.43 bits per heavy atom. The highest BCUT2D eigenvalue weighted by atomic mass is 127. The predicted octanol–water partition coefficient (Wildman–Crippen LogP) is 2.30. The summed E-state index contributed by atoms with van der Waals surface area (Å²) in [6, 6.07) is 7.88. The Morgan fingerprint density at radius 2 is 2.13 bits per heavy atom. The fourth-order valence-corrected chi connectivity index (χ4v) is 2.64. The monoisotopic (exact) mass is 452 g/mol. The Balaban J connectivity index is 0.00000264. The number of ether oxygens (including phenoxy) is 1. The molecule has 1 aromatic carbocycles. The lowest BCUT2D eigenvalue weighted by Crippen LogP contribution is -2.48. The average molecular weight is 453 g/mol. The third-order valence-corrected chi connectivity index (χ3v) is 3.99. The molecular formula is C16H26ClIN4O. The van der Waals surface area contributed by atoms with Gasteiger partial charge in [-0.25, -0.2) is 0 Å². The van der Waals surface area contributed by atoms with Gasteiger partial charge in [-0.1, -0.05) is 23.7 Å². The van der Waals surface area contributed by atoms with Gasteiger partial charge in [-0.2, -0.15) is 0 Å². The van der Waals surface area contributed by atoms with Gasteiger partial charge in [-0.15, -0.1) is 24.0 Å². The Hall–Kier alpha value is -0.570. The van der Waals surface area contributed by atoms with Crippen LogP contribution in [0.5, 0.6) is 0 Å². The molecule has 0 saturated carbocycles. The standard InChI is InChI=1S/C16H25ClN4O.HI/c1-18-16(19-10-15-12-20(2)8-9-22-15)21(3)11-13-4-6-14(17)7-5-13;/h4-7,15H,8-12H2,1-3H3,(H,18,19);1H. The molecule has 0 amide bonds. The van der Waals surface area contributed by atoms with Crippen LogP contribution in [0.4, 0.5) is 0 Å². The summed E-state index contributed by atoms with van der Waals surface area (Å²) in [5, 5.41) is 4.15. The molecule has 7 heteroatoms. The highest BCUT2D eigenvalue weighted by Crippen LogP contribution is 2.11. The van der Waals surface area contributed by atoms with Gasteiger partial charge in [0.05, 0.1) is 12.7 Å². The van der Waals surface area contributed by atoms with Gasteiger partial charge in [-0.3, -0.25) is 4.99 Å². The first-order valence-corrected chi connectivity index (χ1v) is 7.92. The molecule has 0 aliphatic carbocycles. The maximum absolute atomic E-state index is 5.92.